The smallest absolute Gasteiger partial charge is 0.263 e. The summed E-state index contributed by atoms with van der Waals surface area (Å²) in [6, 6.07) is 13.2. The Morgan fingerprint density at radius 1 is 1.28 bits per heavy atom. The van der Waals surface area contributed by atoms with E-state index in [1.54, 1.807) is 12.1 Å². The molecule has 1 amide bonds. The second-order valence-corrected chi connectivity index (χ2v) is 5.91. The summed E-state index contributed by atoms with van der Waals surface area (Å²) < 4.78 is 13.8. The van der Waals surface area contributed by atoms with E-state index in [-0.39, 0.29) is 12.4 Å². The SMILES string of the molecule is O=C(Cn1nnc(-c2ccc(F)cc2)n1)NN=Cc1cccc(Br)c1. The van der Waals surface area contributed by atoms with Crippen LogP contribution in [0.4, 0.5) is 4.39 Å². The van der Waals surface area contributed by atoms with Crippen LogP contribution in [0.15, 0.2) is 58.1 Å². The van der Waals surface area contributed by atoms with E-state index in [0.29, 0.717) is 11.4 Å². The summed E-state index contributed by atoms with van der Waals surface area (Å²) in [4.78, 5) is 13.0. The molecule has 0 bridgehead atoms. The first-order chi connectivity index (χ1) is 12.1. The van der Waals surface area contributed by atoms with Crippen molar-refractivity contribution in [3.63, 3.8) is 0 Å². The number of halogens is 2. The first kappa shape index (κ1) is 16.9. The maximum Gasteiger partial charge on any atom is 0.263 e. The number of hydrazone groups is 1. The number of hydrogen-bond donors (Lipinski definition) is 1. The van der Waals surface area contributed by atoms with Gasteiger partial charge in [0.2, 0.25) is 5.82 Å². The molecule has 1 N–H and O–H groups in total. The van der Waals surface area contributed by atoms with Gasteiger partial charge in [-0.2, -0.15) is 9.90 Å². The Morgan fingerprint density at radius 2 is 2.08 bits per heavy atom. The molecule has 0 saturated heterocycles. The molecular weight excluding hydrogens is 391 g/mol. The molecule has 7 nitrogen and oxygen atoms in total. The number of nitrogens with zero attached hydrogens (tertiary/aromatic N) is 5. The number of tetrazole rings is 1. The average molecular weight is 403 g/mol. The first-order valence-electron chi connectivity index (χ1n) is 7.21. The highest BCUT2D eigenvalue weighted by atomic mass is 79.9. The summed E-state index contributed by atoms with van der Waals surface area (Å²) in [7, 11) is 0. The minimum atomic E-state index is -0.394. The summed E-state index contributed by atoms with van der Waals surface area (Å²) in [6.45, 7) is -0.135. The van der Waals surface area contributed by atoms with Crippen LogP contribution in [0.1, 0.15) is 5.56 Å². The lowest BCUT2D eigenvalue weighted by Crippen LogP contribution is -2.24. The van der Waals surface area contributed by atoms with Crippen LogP contribution >= 0.6 is 15.9 Å². The topological polar surface area (TPSA) is 85.1 Å². The summed E-state index contributed by atoms with van der Waals surface area (Å²) in [5.41, 5.74) is 3.84. The number of nitrogens with one attached hydrogen (secondary N) is 1. The van der Waals surface area contributed by atoms with E-state index in [4.69, 9.17) is 0 Å². The van der Waals surface area contributed by atoms with Gasteiger partial charge in [0.05, 0.1) is 6.21 Å². The summed E-state index contributed by atoms with van der Waals surface area (Å²) in [5.74, 6) is -0.432. The highest BCUT2D eigenvalue weighted by Gasteiger charge is 2.09. The maximum atomic E-state index is 12.9. The molecule has 0 unspecified atom stereocenters. The highest BCUT2D eigenvalue weighted by molar-refractivity contribution is 9.10. The fourth-order valence-corrected chi connectivity index (χ4v) is 2.37. The molecule has 0 aliphatic heterocycles. The van der Waals surface area contributed by atoms with Crippen LogP contribution in [-0.2, 0) is 11.3 Å². The zero-order valence-electron chi connectivity index (χ0n) is 12.8. The van der Waals surface area contributed by atoms with Gasteiger partial charge in [0, 0.05) is 10.0 Å². The van der Waals surface area contributed by atoms with Crippen LogP contribution in [0.3, 0.4) is 0 Å². The third-order valence-electron chi connectivity index (χ3n) is 3.09. The van der Waals surface area contributed by atoms with E-state index in [9.17, 15) is 9.18 Å². The van der Waals surface area contributed by atoms with Crippen molar-refractivity contribution in [3.05, 3.63) is 64.4 Å². The average Bonchev–Trinajstić information content (AvgIpc) is 3.04. The third kappa shape index (κ3) is 4.77. The largest absolute Gasteiger partial charge is 0.271 e. The Bertz CT molecular complexity index is 909. The van der Waals surface area contributed by atoms with Gasteiger partial charge in [-0.1, -0.05) is 28.1 Å². The van der Waals surface area contributed by atoms with Gasteiger partial charge in [-0.3, -0.25) is 4.79 Å². The molecule has 126 valence electrons. The van der Waals surface area contributed by atoms with Crippen molar-refractivity contribution in [1.29, 1.82) is 0 Å². The summed E-state index contributed by atoms with van der Waals surface area (Å²) >= 11 is 3.36. The molecule has 1 heterocycles. The molecule has 25 heavy (non-hydrogen) atoms. The van der Waals surface area contributed by atoms with E-state index in [1.807, 2.05) is 24.3 Å². The Kier molecular flexibility index (Phi) is 5.24. The molecule has 3 aromatic rings. The van der Waals surface area contributed by atoms with Crippen molar-refractivity contribution in [1.82, 2.24) is 25.6 Å². The van der Waals surface area contributed by atoms with Crippen molar-refractivity contribution in [2.45, 2.75) is 6.54 Å². The minimum Gasteiger partial charge on any atom is -0.271 e. The second-order valence-electron chi connectivity index (χ2n) is 5.00. The molecule has 1 aromatic heterocycles. The van der Waals surface area contributed by atoms with E-state index in [1.165, 1.54) is 18.3 Å². The van der Waals surface area contributed by atoms with Gasteiger partial charge in [-0.05, 0) is 47.2 Å². The molecule has 3 rings (SSSR count). The molecule has 0 spiro atoms. The van der Waals surface area contributed by atoms with E-state index >= 15 is 0 Å². The lowest BCUT2D eigenvalue weighted by atomic mass is 10.2. The Hall–Kier alpha value is -2.94. The maximum absolute atomic E-state index is 12.9. The number of amides is 1. The number of carbonyl (C=O) groups is 1. The lowest BCUT2D eigenvalue weighted by molar-refractivity contribution is -0.122. The van der Waals surface area contributed by atoms with Crippen molar-refractivity contribution in [2.24, 2.45) is 5.10 Å². The molecule has 0 aliphatic rings. The summed E-state index contributed by atoms with van der Waals surface area (Å²) in [5, 5.41) is 15.6. The van der Waals surface area contributed by atoms with Crippen LogP contribution in [0, 0.1) is 5.82 Å². The number of aromatic nitrogens is 4. The van der Waals surface area contributed by atoms with Gasteiger partial charge in [0.15, 0.2) is 0 Å². The van der Waals surface area contributed by atoms with Crippen molar-refractivity contribution < 1.29 is 9.18 Å². The number of benzene rings is 2. The first-order valence-corrected chi connectivity index (χ1v) is 8.01. The predicted octanol–water partition coefficient (Wildman–Crippen LogP) is 2.39. The number of rotatable bonds is 5. The van der Waals surface area contributed by atoms with Gasteiger partial charge in [-0.25, -0.2) is 9.82 Å². The molecule has 0 aliphatic carbocycles. The summed E-state index contributed by atoms with van der Waals surface area (Å²) in [6.07, 6.45) is 1.53. The Balaban J connectivity index is 1.57. The number of carbonyl (C=O) groups excluding carboxylic acids is 1. The Morgan fingerprint density at radius 3 is 2.84 bits per heavy atom. The molecule has 0 atom stereocenters. The highest BCUT2D eigenvalue weighted by Crippen LogP contribution is 2.13. The lowest BCUT2D eigenvalue weighted by Gasteiger charge is -1.98. The zero-order chi connectivity index (χ0) is 17.6. The van der Waals surface area contributed by atoms with Crippen LogP contribution < -0.4 is 5.43 Å². The van der Waals surface area contributed by atoms with Crippen molar-refractivity contribution >= 4 is 28.1 Å². The van der Waals surface area contributed by atoms with Crippen molar-refractivity contribution in [2.75, 3.05) is 0 Å². The van der Waals surface area contributed by atoms with Gasteiger partial charge in [0.1, 0.15) is 12.4 Å². The van der Waals surface area contributed by atoms with Crippen LogP contribution in [0.25, 0.3) is 11.4 Å². The fraction of sp³-hybridized carbons (Fsp3) is 0.0625. The zero-order valence-corrected chi connectivity index (χ0v) is 14.4. The van der Waals surface area contributed by atoms with Gasteiger partial charge in [-0.15, -0.1) is 10.2 Å². The minimum absolute atomic E-state index is 0.135. The standard InChI is InChI=1S/C16H12BrFN6O/c17-13-3-1-2-11(8-13)9-19-20-15(25)10-24-22-16(21-23-24)12-4-6-14(18)7-5-12/h1-9H,10H2,(H,20,25). The predicted molar refractivity (Wildman–Crippen MR) is 93.1 cm³/mol. The molecule has 0 radical (unpaired) electrons. The van der Waals surface area contributed by atoms with E-state index in [2.05, 4.69) is 41.9 Å². The molecule has 0 saturated carbocycles. The number of hydrogen-bond acceptors (Lipinski definition) is 5. The van der Waals surface area contributed by atoms with E-state index < -0.39 is 5.91 Å². The molecule has 0 fully saturated rings. The fourth-order valence-electron chi connectivity index (χ4n) is 1.95. The molecular formula is C16H12BrFN6O. The normalized spacial score (nSPS) is 11.0. The van der Waals surface area contributed by atoms with Gasteiger partial charge >= 0.3 is 0 Å². The van der Waals surface area contributed by atoms with Crippen LogP contribution in [-0.4, -0.2) is 32.3 Å². The van der Waals surface area contributed by atoms with E-state index in [0.717, 1.165) is 14.8 Å². The third-order valence-corrected chi connectivity index (χ3v) is 3.59. The molecule has 2 aromatic carbocycles. The second kappa shape index (κ2) is 7.75. The quantitative estimate of drug-likeness (QED) is 0.524. The van der Waals surface area contributed by atoms with Crippen molar-refractivity contribution in [3.8, 4) is 11.4 Å². The van der Waals surface area contributed by atoms with Crippen LogP contribution in [0.2, 0.25) is 0 Å². The van der Waals surface area contributed by atoms with Gasteiger partial charge in [0.25, 0.3) is 5.91 Å². The van der Waals surface area contributed by atoms with Gasteiger partial charge < -0.3 is 0 Å². The Labute approximate surface area is 150 Å². The monoisotopic (exact) mass is 402 g/mol. The molecule has 9 heteroatoms. The van der Waals surface area contributed by atoms with Crippen LogP contribution in [0.5, 0.6) is 0 Å².